The molecule has 0 radical (unpaired) electrons. The van der Waals surface area contributed by atoms with Crippen molar-refractivity contribution in [3.63, 3.8) is 0 Å². The van der Waals surface area contributed by atoms with E-state index in [4.69, 9.17) is 0 Å². The lowest BCUT2D eigenvalue weighted by molar-refractivity contribution is 0.206. The predicted molar refractivity (Wildman–Crippen MR) is 78.7 cm³/mol. The van der Waals surface area contributed by atoms with E-state index in [9.17, 15) is 4.79 Å². The number of carbonyl (C=O) groups is 1. The van der Waals surface area contributed by atoms with Crippen LogP contribution in [0.4, 0.5) is 4.79 Å². The second-order valence-corrected chi connectivity index (χ2v) is 6.74. The topological polar surface area (TPSA) is 32.3 Å². The molecule has 0 unspecified atom stereocenters. The van der Waals surface area contributed by atoms with E-state index in [-0.39, 0.29) is 6.03 Å². The van der Waals surface area contributed by atoms with Gasteiger partial charge in [-0.2, -0.15) is 0 Å². The van der Waals surface area contributed by atoms with Crippen molar-refractivity contribution in [2.24, 2.45) is 5.92 Å². The van der Waals surface area contributed by atoms with Crippen LogP contribution in [0.1, 0.15) is 36.8 Å². The Bertz CT molecular complexity index is 552. The number of urea groups is 1. The average molecular weight is 270 g/mol. The van der Waals surface area contributed by atoms with Gasteiger partial charge in [-0.1, -0.05) is 24.3 Å². The molecule has 0 bridgehead atoms. The molecular formula is C17H22N2O. The number of hydrogen-bond donors (Lipinski definition) is 1. The highest BCUT2D eigenvalue weighted by Gasteiger charge is 2.57. The lowest BCUT2D eigenvalue weighted by Gasteiger charge is -2.18. The number of aryl methyl sites for hydroxylation is 1. The Morgan fingerprint density at radius 2 is 2.20 bits per heavy atom. The molecule has 1 aromatic carbocycles. The summed E-state index contributed by atoms with van der Waals surface area (Å²) in [5, 5.41) is 3.13. The van der Waals surface area contributed by atoms with E-state index in [0.29, 0.717) is 17.4 Å². The molecular weight excluding hydrogens is 248 g/mol. The van der Waals surface area contributed by atoms with Gasteiger partial charge in [-0.25, -0.2) is 4.79 Å². The van der Waals surface area contributed by atoms with Gasteiger partial charge < -0.3 is 10.2 Å². The first-order chi connectivity index (χ1) is 9.71. The molecule has 1 aromatic rings. The molecule has 2 saturated carbocycles. The van der Waals surface area contributed by atoms with Crippen LogP contribution in [0, 0.1) is 5.92 Å². The Balaban J connectivity index is 1.38. The summed E-state index contributed by atoms with van der Waals surface area (Å²) in [5.74, 6) is 0.641. The number of carbonyl (C=O) groups excluding carboxylic acids is 1. The molecule has 0 heterocycles. The minimum absolute atomic E-state index is 0.112. The Hall–Kier alpha value is -1.51. The highest BCUT2D eigenvalue weighted by Crippen LogP contribution is 2.61. The van der Waals surface area contributed by atoms with Crippen LogP contribution in [0.3, 0.4) is 0 Å². The maximum atomic E-state index is 12.0. The van der Waals surface area contributed by atoms with E-state index < -0.39 is 0 Å². The molecule has 0 saturated heterocycles. The SMILES string of the molecule is CN(C(=O)NC[C@H]1C[C@]12CCc1ccccc12)C1CC1. The van der Waals surface area contributed by atoms with Gasteiger partial charge in [-0.3, -0.25) is 0 Å². The third kappa shape index (κ3) is 1.83. The molecule has 1 spiro atoms. The van der Waals surface area contributed by atoms with Gasteiger partial charge in [-0.05, 0) is 49.1 Å². The van der Waals surface area contributed by atoms with Crippen LogP contribution in [0.5, 0.6) is 0 Å². The molecule has 4 rings (SSSR count). The van der Waals surface area contributed by atoms with Crippen molar-refractivity contribution in [1.82, 2.24) is 10.2 Å². The predicted octanol–water partition coefficient (Wildman–Crippen LogP) is 2.69. The third-order valence-electron chi connectivity index (χ3n) is 5.54. The number of rotatable bonds is 3. The van der Waals surface area contributed by atoms with Crippen molar-refractivity contribution in [3.8, 4) is 0 Å². The molecule has 0 aliphatic heterocycles. The van der Waals surface area contributed by atoms with Gasteiger partial charge in [0.05, 0.1) is 0 Å². The van der Waals surface area contributed by atoms with Crippen molar-refractivity contribution in [2.45, 2.75) is 43.6 Å². The maximum absolute atomic E-state index is 12.0. The van der Waals surface area contributed by atoms with E-state index in [0.717, 1.165) is 6.54 Å². The number of amides is 2. The van der Waals surface area contributed by atoms with Crippen molar-refractivity contribution in [1.29, 1.82) is 0 Å². The quantitative estimate of drug-likeness (QED) is 0.900. The average Bonchev–Trinajstić information content (AvgIpc) is 3.36. The molecule has 3 aliphatic carbocycles. The van der Waals surface area contributed by atoms with Crippen LogP contribution in [0.15, 0.2) is 24.3 Å². The van der Waals surface area contributed by atoms with Gasteiger partial charge in [0, 0.05) is 25.0 Å². The molecule has 1 N–H and O–H groups in total. The maximum Gasteiger partial charge on any atom is 0.317 e. The normalized spacial score (nSPS) is 30.1. The number of nitrogens with zero attached hydrogens (tertiary/aromatic N) is 1. The Morgan fingerprint density at radius 1 is 1.40 bits per heavy atom. The Morgan fingerprint density at radius 3 is 3.00 bits per heavy atom. The summed E-state index contributed by atoms with van der Waals surface area (Å²) in [5.41, 5.74) is 3.47. The van der Waals surface area contributed by atoms with E-state index in [1.165, 1.54) is 37.7 Å². The summed E-state index contributed by atoms with van der Waals surface area (Å²) in [6.07, 6.45) is 6.07. The first kappa shape index (κ1) is 12.2. The van der Waals surface area contributed by atoms with Gasteiger partial charge in [0.25, 0.3) is 0 Å². The molecule has 3 aliphatic rings. The van der Waals surface area contributed by atoms with Crippen molar-refractivity contribution < 1.29 is 4.79 Å². The summed E-state index contributed by atoms with van der Waals surface area (Å²) >= 11 is 0. The summed E-state index contributed by atoms with van der Waals surface area (Å²) in [7, 11) is 1.92. The van der Waals surface area contributed by atoms with Crippen molar-refractivity contribution in [3.05, 3.63) is 35.4 Å². The fourth-order valence-electron chi connectivity index (χ4n) is 3.96. The molecule has 20 heavy (non-hydrogen) atoms. The molecule has 3 heteroatoms. The van der Waals surface area contributed by atoms with Gasteiger partial charge in [0.15, 0.2) is 0 Å². The highest BCUT2D eigenvalue weighted by molar-refractivity contribution is 5.74. The van der Waals surface area contributed by atoms with Crippen molar-refractivity contribution >= 4 is 6.03 Å². The van der Waals surface area contributed by atoms with E-state index in [1.807, 2.05) is 11.9 Å². The van der Waals surface area contributed by atoms with Gasteiger partial charge in [0.2, 0.25) is 0 Å². The van der Waals surface area contributed by atoms with Gasteiger partial charge in [0.1, 0.15) is 0 Å². The summed E-state index contributed by atoms with van der Waals surface area (Å²) in [6.45, 7) is 0.838. The largest absolute Gasteiger partial charge is 0.338 e. The smallest absolute Gasteiger partial charge is 0.317 e. The molecule has 2 atom stereocenters. The summed E-state index contributed by atoms with van der Waals surface area (Å²) in [6, 6.07) is 9.46. The zero-order chi connectivity index (χ0) is 13.7. The zero-order valence-electron chi connectivity index (χ0n) is 12.1. The Kier molecular flexibility index (Phi) is 2.60. The van der Waals surface area contributed by atoms with Gasteiger partial charge in [-0.15, -0.1) is 0 Å². The Labute approximate surface area is 120 Å². The molecule has 2 fully saturated rings. The standard InChI is InChI=1S/C17H22N2O/c1-19(14-6-7-14)16(20)18-11-13-10-17(13)9-8-12-4-2-3-5-15(12)17/h2-5,13-14H,6-11H2,1H3,(H,18,20)/t13-,17-/m1/s1. The lowest BCUT2D eigenvalue weighted by Crippen LogP contribution is -2.40. The van der Waals surface area contributed by atoms with Gasteiger partial charge >= 0.3 is 6.03 Å². The third-order valence-corrected chi connectivity index (χ3v) is 5.54. The van der Waals surface area contributed by atoms with Crippen molar-refractivity contribution in [2.75, 3.05) is 13.6 Å². The number of nitrogens with one attached hydrogen (secondary N) is 1. The van der Waals surface area contributed by atoms with Crippen LogP contribution in [-0.2, 0) is 11.8 Å². The highest BCUT2D eigenvalue weighted by atomic mass is 16.2. The molecule has 0 aromatic heterocycles. The van der Waals surface area contributed by atoms with Crippen LogP contribution >= 0.6 is 0 Å². The monoisotopic (exact) mass is 270 g/mol. The molecule has 106 valence electrons. The van der Waals surface area contributed by atoms with Crippen LogP contribution in [-0.4, -0.2) is 30.6 Å². The first-order valence-corrected chi connectivity index (χ1v) is 7.80. The fraction of sp³-hybridized carbons (Fsp3) is 0.588. The lowest BCUT2D eigenvalue weighted by atomic mass is 9.95. The second-order valence-electron chi connectivity index (χ2n) is 6.74. The number of fused-ring (bicyclic) bond motifs is 2. The van der Waals surface area contributed by atoms with E-state index in [1.54, 1.807) is 5.56 Å². The number of benzene rings is 1. The minimum Gasteiger partial charge on any atom is -0.338 e. The summed E-state index contributed by atoms with van der Waals surface area (Å²) < 4.78 is 0. The molecule has 2 amide bonds. The van der Waals surface area contributed by atoms with E-state index in [2.05, 4.69) is 29.6 Å². The molecule has 3 nitrogen and oxygen atoms in total. The van der Waals surface area contributed by atoms with Crippen LogP contribution in [0.25, 0.3) is 0 Å². The van der Waals surface area contributed by atoms with Crippen LogP contribution < -0.4 is 5.32 Å². The summed E-state index contributed by atoms with van der Waals surface area (Å²) in [4.78, 5) is 13.9. The second kappa shape index (κ2) is 4.24. The minimum atomic E-state index is 0.112. The zero-order valence-corrected chi connectivity index (χ0v) is 12.1. The number of hydrogen-bond acceptors (Lipinski definition) is 1. The van der Waals surface area contributed by atoms with E-state index >= 15 is 0 Å². The fourth-order valence-corrected chi connectivity index (χ4v) is 3.96. The first-order valence-electron chi connectivity index (χ1n) is 7.80. The van der Waals surface area contributed by atoms with Crippen LogP contribution in [0.2, 0.25) is 0 Å².